The van der Waals surface area contributed by atoms with E-state index in [-0.39, 0.29) is 0 Å². The molecule has 3 heteroatoms. The van der Waals surface area contributed by atoms with Crippen LogP contribution in [0, 0.1) is 5.92 Å². The lowest BCUT2D eigenvalue weighted by atomic mass is 9.79. The lowest BCUT2D eigenvalue weighted by molar-refractivity contribution is 0.118. The van der Waals surface area contributed by atoms with Gasteiger partial charge in [0.1, 0.15) is 0 Å². The van der Waals surface area contributed by atoms with E-state index in [9.17, 15) is 0 Å². The molecule has 0 saturated heterocycles. The van der Waals surface area contributed by atoms with Crippen LogP contribution in [0.4, 0.5) is 0 Å². The van der Waals surface area contributed by atoms with Gasteiger partial charge in [-0.2, -0.15) is 0 Å². The van der Waals surface area contributed by atoms with Gasteiger partial charge in [-0.1, -0.05) is 30.2 Å². The Labute approximate surface area is 109 Å². The zero-order chi connectivity index (χ0) is 12.3. The molecule has 1 aromatic rings. The molecule has 0 radical (unpaired) electrons. The summed E-state index contributed by atoms with van der Waals surface area (Å²) in [4.78, 5) is 2.37. The first kappa shape index (κ1) is 12.9. The average molecular weight is 253 g/mol. The van der Waals surface area contributed by atoms with E-state index in [1.54, 1.807) is 0 Å². The van der Waals surface area contributed by atoms with E-state index in [2.05, 4.69) is 18.0 Å². The van der Waals surface area contributed by atoms with Gasteiger partial charge in [-0.15, -0.1) is 0 Å². The third-order valence-electron chi connectivity index (χ3n) is 3.82. The molecule has 94 valence electrons. The number of halogens is 1. The molecule has 1 aromatic carbocycles. The van der Waals surface area contributed by atoms with Crippen molar-refractivity contribution in [2.45, 2.75) is 31.8 Å². The van der Waals surface area contributed by atoms with Gasteiger partial charge >= 0.3 is 0 Å². The molecule has 1 aliphatic carbocycles. The number of rotatable bonds is 5. The van der Waals surface area contributed by atoms with E-state index in [1.807, 2.05) is 18.2 Å². The summed E-state index contributed by atoms with van der Waals surface area (Å²) in [6.45, 7) is 1.68. The Morgan fingerprint density at radius 2 is 2.24 bits per heavy atom. The first-order chi connectivity index (χ1) is 8.20. The molecule has 1 fully saturated rings. The fourth-order valence-electron chi connectivity index (χ4n) is 2.60. The predicted molar refractivity (Wildman–Crippen MR) is 73.1 cm³/mol. The summed E-state index contributed by atoms with van der Waals surface area (Å²) in [5.74, 6) is 0.796. The first-order valence-electron chi connectivity index (χ1n) is 6.35. The maximum atomic E-state index is 6.00. The Balaban J connectivity index is 1.96. The van der Waals surface area contributed by atoms with Crippen molar-refractivity contribution < 1.29 is 0 Å². The number of hydrogen-bond donors (Lipinski definition) is 1. The number of likely N-dealkylation sites (N-methyl/N-ethyl adjacent to an activating group) is 1. The van der Waals surface area contributed by atoms with Crippen LogP contribution in [-0.4, -0.2) is 24.5 Å². The molecule has 0 heterocycles. The van der Waals surface area contributed by atoms with Crippen LogP contribution in [0.5, 0.6) is 0 Å². The predicted octanol–water partition coefficient (Wildman–Crippen LogP) is 2.90. The van der Waals surface area contributed by atoms with Gasteiger partial charge in [0.05, 0.1) is 0 Å². The van der Waals surface area contributed by atoms with Gasteiger partial charge in [0.15, 0.2) is 0 Å². The Morgan fingerprint density at radius 3 is 2.76 bits per heavy atom. The fraction of sp³-hybridized carbons (Fsp3) is 0.571. The topological polar surface area (TPSA) is 29.3 Å². The fourth-order valence-corrected chi connectivity index (χ4v) is 2.81. The van der Waals surface area contributed by atoms with Crippen molar-refractivity contribution in [1.82, 2.24) is 4.90 Å². The molecule has 17 heavy (non-hydrogen) atoms. The standard InChI is InChI=1S/C14H21ClN2/c1-17(14(9-16)12-5-3-6-12)10-11-4-2-7-13(15)8-11/h2,4,7-8,12,14H,3,5-6,9-10,16H2,1H3. The van der Waals surface area contributed by atoms with Gasteiger partial charge in [-0.25, -0.2) is 0 Å². The number of benzene rings is 1. The van der Waals surface area contributed by atoms with Crippen LogP contribution in [0.2, 0.25) is 5.02 Å². The molecule has 1 atom stereocenters. The average Bonchev–Trinajstić information content (AvgIpc) is 2.22. The highest BCUT2D eigenvalue weighted by Crippen LogP contribution is 2.31. The summed E-state index contributed by atoms with van der Waals surface area (Å²) in [6, 6.07) is 8.59. The third kappa shape index (κ3) is 3.21. The normalized spacial score (nSPS) is 18.1. The summed E-state index contributed by atoms with van der Waals surface area (Å²) in [5, 5.41) is 0.809. The van der Waals surface area contributed by atoms with Gasteiger partial charge in [-0.3, -0.25) is 4.90 Å². The van der Waals surface area contributed by atoms with Gasteiger partial charge in [0.25, 0.3) is 0 Å². The summed E-state index contributed by atoms with van der Waals surface area (Å²) < 4.78 is 0. The van der Waals surface area contributed by atoms with E-state index in [0.717, 1.165) is 24.0 Å². The molecule has 0 spiro atoms. The molecule has 0 aliphatic heterocycles. The van der Waals surface area contributed by atoms with E-state index in [0.29, 0.717) is 6.04 Å². The number of hydrogen-bond acceptors (Lipinski definition) is 2. The second-order valence-electron chi connectivity index (χ2n) is 5.04. The molecule has 2 N–H and O–H groups in total. The monoisotopic (exact) mass is 252 g/mol. The molecule has 2 rings (SSSR count). The third-order valence-corrected chi connectivity index (χ3v) is 4.06. The zero-order valence-corrected chi connectivity index (χ0v) is 11.2. The summed E-state index contributed by atoms with van der Waals surface area (Å²) in [5.41, 5.74) is 7.16. The van der Waals surface area contributed by atoms with Gasteiger partial charge in [0.2, 0.25) is 0 Å². The van der Waals surface area contributed by atoms with Crippen molar-refractivity contribution >= 4 is 11.6 Å². The minimum atomic E-state index is 0.516. The maximum absolute atomic E-state index is 6.00. The Bertz CT molecular complexity index is 363. The van der Waals surface area contributed by atoms with Gasteiger partial charge < -0.3 is 5.73 Å². The minimum Gasteiger partial charge on any atom is -0.329 e. The van der Waals surface area contributed by atoms with Crippen molar-refractivity contribution in [3.63, 3.8) is 0 Å². The highest BCUT2D eigenvalue weighted by molar-refractivity contribution is 6.30. The molecule has 1 saturated carbocycles. The quantitative estimate of drug-likeness (QED) is 0.873. The summed E-state index contributed by atoms with van der Waals surface area (Å²) in [6.07, 6.45) is 4.04. The van der Waals surface area contributed by atoms with E-state index >= 15 is 0 Å². The second-order valence-corrected chi connectivity index (χ2v) is 5.48. The number of nitrogens with zero attached hydrogens (tertiary/aromatic N) is 1. The number of nitrogens with two attached hydrogens (primary N) is 1. The minimum absolute atomic E-state index is 0.516. The smallest absolute Gasteiger partial charge is 0.0409 e. The highest BCUT2D eigenvalue weighted by Gasteiger charge is 2.28. The molecular weight excluding hydrogens is 232 g/mol. The molecule has 1 aliphatic rings. The molecule has 1 unspecified atom stereocenters. The molecule has 0 bridgehead atoms. The lowest BCUT2D eigenvalue weighted by Gasteiger charge is -2.38. The van der Waals surface area contributed by atoms with Crippen molar-refractivity contribution in [3.8, 4) is 0 Å². The Hall–Kier alpha value is -0.570. The van der Waals surface area contributed by atoms with Crippen LogP contribution in [0.25, 0.3) is 0 Å². The molecule has 0 aromatic heterocycles. The van der Waals surface area contributed by atoms with Crippen LogP contribution in [0.15, 0.2) is 24.3 Å². The van der Waals surface area contributed by atoms with Crippen molar-refractivity contribution in [2.75, 3.05) is 13.6 Å². The van der Waals surface area contributed by atoms with E-state index in [1.165, 1.54) is 24.8 Å². The van der Waals surface area contributed by atoms with Gasteiger partial charge in [0, 0.05) is 24.2 Å². The highest BCUT2D eigenvalue weighted by atomic mass is 35.5. The van der Waals surface area contributed by atoms with E-state index < -0.39 is 0 Å². The lowest BCUT2D eigenvalue weighted by Crippen LogP contribution is -2.45. The van der Waals surface area contributed by atoms with Crippen molar-refractivity contribution in [1.29, 1.82) is 0 Å². The van der Waals surface area contributed by atoms with Gasteiger partial charge in [-0.05, 0) is 43.5 Å². The summed E-state index contributed by atoms with van der Waals surface area (Å²) >= 11 is 6.00. The van der Waals surface area contributed by atoms with Crippen LogP contribution in [0.1, 0.15) is 24.8 Å². The first-order valence-corrected chi connectivity index (χ1v) is 6.73. The second kappa shape index (κ2) is 5.85. The van der Waals surface area contributed by atoms with Crippen molar-refractivity contribution in [3.05, 3.63) is 34.9 Å². The summed E-state index contributed by atoms with van der Waals surface area (Å²) in [7, 11) is 2.16. The van der Waals surface area contributed by atoms with Crippen LogP contribution in [0.3, 0.4) is 0 Å². The van der Waals surface area contributed by atoms with E-state index in [4.69, 9.17) is 17.3 Å². The SMILES string of the molecule is CN(Cc1cccc(Cl)c1)C(CN)C1CCC1. The zero-order valence-electron chi connectivity index (χ0n) is 10.4. The molecule has 2 nitrogen and oxygen atoms in total. The Morgan fingerprint density at radius 1 is 1.47 bits per heavy atom. The van der Waals surface area contributed by atoms with Crippen LogP contribution < -0.4 is 5.73 Å². The van der Waals surface area contributed by atoms with Crippen LogP contribution >= 0.6 is 11.6 Å². The largest absolute Gasteiger partial charge is 0.329 e. The Kier molecular flexibility index (Phi) is 4.43. The maximum Gasteiger partial charge on any atom is 0.0409 e. The van der Waals surface area contributed by atoms with Crippen molar-refractivity contribution in [2.24, 2.45) is 11.7 Å². The molecule has 0 amide bonds. The molecular formula is C14H21ClN2. The van der Waals surface area contributed by atoms with Crippen LogP contribution in [-0.2, 0) is 6.54 Å².